The van der Waals surface area contributed by atoms with Crippen molar-refractivity contribution in [3.05, 3.63) is 23.8 Å². The van der Waals surface area contributed by atoms with Crippen molar-refractivity contribution < 1.29 is 5.11 Å². The fourth-order valence-corrected chi connectivity index (χ4v) is 0.686. The summed E-state index contributed by atoms with van der Waals surface area (Å²) in [7, 11) is 0. The van der Waals surface area contributed by atoms with E-state index in [0.717, 1.165) is 5.71 Å². The number of aliphatic hydroxyl groups excluding tert-OH is 1. The van der Waals surface area contributed by atoms with E-state index in [-0.39, 0.29) is 0 Å². The molecule has 0 aliphatic heterocycles. The molecule has 0 aliphatic rings. The van der Waals surface area contributed by atoms with Crippen LogP contribution < -0.4 is 0 Å². The number of aliphatic imine (C=N–C) groups is 1. The van der Waals surface area contributed by atoms with E-state index in [4.69, 9.17) is 5.11 Å². The van der Waals surface area contributed by atoms with E-state index in [0.29, 0.717) is 0 Å². The second-order valence-electron chi connectivity index (χ2n) is 2.77. The predicted octanol–water partition coefficient (Wildman–Crippen LogP) is 2.31. The zero-order chi connectivity index (χ0) is 9.56. The Morgan fingerprint density at radius 1 is 1.33 bits per heavy atom. The number of hydrogen-bond donors (Lipinski definition) is 1. The normalized spacial score (nSPS) is 17.1. The number of nitrogens with zero attached hydrogens (tertiary/aromatic N) is 1. The molecule has 0 amide bonds. The Bertz CT molecular complexity index is 212. The maximum Gasteiger partial charge on any atom is 0.142 e. The first-order valence-corrected chi connectivity index (χ1v) is 4.09. The summed E-state index contributed by atoms with van der Waals surface area (Å²) in [4.78, 5) is 3.94. The minimum atomic E-state index is -0.611. The molecule has 0 rings (SSSR count). The number of rotatable bonds is 3. The number of hydrogen-bond acceptors (Lipinski definition) is 2. The molecule has 1 atom stereocenters. The highest BCUT2D eigenvalue weighted by Crippen LogP contribution is 1.95. The topological polar surface area (TPSA) is 32.6 Å². The first-order valence-electron chi connectivity index (χ1n) is 4.09. The van der Waals surface area contributed by atoms with Gasteiger partial charge in [0.1, 0.15) is 6.23 Å². The van der Waals surface area contributed by atoms with Gasteiger partial charge in [-0.05, 0) is 33.8 Å². The summed E-state index contributed by atoms with van der Waals surface area (Å²) in [6, 6.07) is 0. The van der Waals surface area contributed by atoms with Crippen LogP contribution in [-0.4, -0.2) is 17.0 Å². The summed E-state index contributed by atoms with van der Waals surface area (Å²) in [5, 5.41) is 8.91. The fraction of sp³-hybridized carbons (Fsp3) is 0.500. The third-order valence-corrected chi connectivity index (χ3v) is 1.43. The molecule has 0 saturated heterocycles. The van der Waals surface area contributed by atoms with Crippen LogP contribution in [0.5, 0.6) is 0 Å². The summed E-state index contributed by atoms with van der Waals surface area (Å²) in [5.74, 6) is 0. The maximum atomic E-state index is 8.91. The van der Waals surface area contributed by atoms with Crippen molar-refractivity contribution in [3.8, 4) is 0 Å². The summed E-state index contributed by atoms with van der Waals surface area (Å²) in [6.45, 7) is 7.51. The molecule has 0 radical (unpaired) electrons. The van der Waals surface area contributed by atoms with Crippen molar-refractivity contribution in [2.45, 2.75) is 33.9 Å². The van der Waals surface area contributed by atoms with Crippen molar-refractivity contribution in [2.24, 2.45) is 4.99 Å². The Morgan fingerprint density at radius 2 is 1.92 bits per heavy atom. The van der Waals surface area contributed by atoms with E-state index in [1.54, 1.807) is 6.92 Å². The minimum absolute atomic E-state index is 0.611. The molecule has 0 bridgehead atoms. The van der Waals surface area contributed by atoms with Crippen LogP contribution in [0.2, 0.25) is 0 Å². The van der Waals surface area contributed by atoms with Crippen LogP contribution in [0, 0.1) is 0 Å². The van der Waals surface area contributed by atoms with E-state index >= 15 is 0 Å². The Hall–Kier alpha value is -0.890. The summed E-state index contributed by atoms with van der Waals surface area (Å²) in [6.07, 6.45) is 5.27. The molecule has 2 nitrogen and oxygen atoms in total. The molecule has 0 aromatic carbocycles. The van der Waals surface area contributed by atoms with Crippen LogP contribution in [0.15, 0.2) is 28.8 Å². The van der Waals surface area contributed by atoms with Crippen molar-refractivity contribution in [1.82, 2.24) is 0 Å². The van der Waals surface area contributed by atoms with Crippen LogP contribution in [0.25, 0.3) is 0 Å². The lowest BCUT2D eigenvalue weighted by atomic mass is 10.2. The Labute approximate surface area is 74.3 Å². The lowest BCUT2D eigenvalue weighted by molar-refractivity contribution is 0.205. The van der Waals surface area contributed by atoms with Gasteiger partial charge in [-0.15, -0.1) is 0 Å². The minimum Gasteiger partial charge on any atom is -0.372 e. The summed E-state index contributed by atoms with van der Waals surface area (Å²) < 4.78 is 0. The van der Waals surface area contributed by atoms with Gasteiger partial charge >= 0.3 is 0 Å². The van der Waals surface area contributed by atoms with Gasteiger partial charge < -0.3 is 5.11 Å². The van der Waals surface area contributed by atoms with Gasteiger partial charge in [-0.3, -0.25) is 4.99 Å². The lowest BCUT2D eigenvalue weighted by Crippen LogP contribution is -1.98. The van der Waals surface area contributed by atoms with Crippen LogP contribution in [0.4, 0.5) is 0 Å². The van der Waals surface area contributed by atoms with Crippen molar-refractivity contribution in [3.63, 3.8) is 0 Å². The lowest BCUT2D eigenvalue weighted by Gasteiger charge is -1.96. The Morgan fingerprint density at radius 3 is 2.33 bits per heavy atom. The van der Waals surface area contributed by atoms with Crippen molar-refractivity contribution in [1.29, 1.82) is 0 Å². The van der Waals surface area contributed by atoms with E-state index in [1.807, 2.05) is 39.0 Å². The number of aliphatic hydroxyl groups is 1. The fourth-order valence-electron chi connectivity index (χ4n) is 0.686. The summed E-state index contributed by atoms with van der Waals surface area (Å²) in [5.41, 5.74) is 2.03. The van der Waals surface area contributed by atoms with E-state index in [9.17, 15) is 0 Å². The second-order valence-corrected chi connectivity index (χ2v) is 2.77. The molecule has 68 valence electrons. The molecular weight excluding hydrogens is 150 g/mol. The van der Waals surface area contributed by atoms with Gasteiger partial charge in [0.05, 0.1) is 0 Å². The van der Waals surface area contributed by atoms with Crippen molar-refractivity contribution >= 4 is 5.71 Å². The van der Waals surface area contributed by atoms with Gasteiger partial charge in [0.15, 0.2) is 0 Å². The third-order valence-electron chi connectivity index (χ3n) is 1.43. The van der Waals surface area contributed by atoms with Crippen LogP contribution in [0.3, 0.4) is 0 Å². The van der Waals surface area contributed by atoms with Gasteiger partial charge in [-0.1, -0.05) is 17.7 Å². The molecule has 0 saturated carbocycles. The zero-order valence-corrected chi connectivity index (χ0v) is 8.20. The van der Waals surface area contributed by atoms with Gasteiger partial charge in [-0.2, -0.15) is 0 Å². The Kier molecular flexibility index (Phi) is 5.30. The van der Waals surface area contributed by atoms with Gasteiger partial charge in [0.25, 0.3) is 0 Å². The van der Waals surface area contributed by atoms with Crippen LogP contribution >= 0.6 is 0 Å². The first kappa shape index (κ1) is 11.1. The highest BCUT2D eigenvalue weighted by molar-refractivity contribution is 5.93. The Balaban J connectivity index is 4.17. The molecule has 1 N–H and O–H groups in total. The monoisotopic (exact) mass is 167 g/mol. The smallest absolute Gasteiger partial charge is 0.142 e. The van der Waals surface area contributed by atoms with E-state index in [2.05, 4.69) is 4.99 Å². The van der Waals surface area contributed by atoms with Gasteiger partial charge in [0.2, 0.25) is 0 Å². The zero-order valence-electron chi connectivity index (χ0n) is 8.20. The molecule has 0 aromatic rings. The number of allylic oxidation sites excluding steroid dienone is 4. The maximum absolute atomic E-state index is 8.91. The molecule has 2 heteroatoms. The average molecular weight is 167 g/mol. The highest BCUT2D eigenvalue weighted by Gasteiger charge is 1.88. The molecule has 0 spiro atoms. The standard InChI is InChI=1S/C10H17NO/c1-5-8(2)6-7-9(3)11-10(4)12/h5-7,10,12H,1-4H3. The van der Waals surface area contributed by atoms with Crippen molar-refractivity contribution in [2.75, 3.05) is 0 Å². The summed E-state index contributed by atoms with van der Waals surface area (Å²) >= 11 is 0. The SMILES string of the molecule is CC=C(C)C=CC(C)=NC(C)O. The molecule has 0 aliphatic carbocycles. The van der Waals surface area contributed by atoms with E-state index in [1.165, 1.54) is 5.57 Å². The van der Waals surface area contributed by atoms with E-state index < -0.39 is 6.23 Å². The molecule has 0 heterocycles. The van der Waals surface area contributed by atoms with Gasteiger partial charge in [-0.25, -0.2) is 0 Å². The van der Waals surface area contributed by atoms with Gasteiger partial charge in [0, 0.05) is 5.71 Å². The molecular formula is C10H17NO. The predicted molar refractivity (Wildman–Crippen MR) is 53.4 cm³/mol. The molecule has 1 unspecified atom stereocenters. The highest BCUT2D eigenvalue weighted by atomic mass is 16.3. The second kappa shape index (κ2) is 5.72. The van der Waals surface area contributed by atoms with Crippen LogP contribution in [0.1, 0.15) is 27.7 Å². The molecule has 12 heavy (non-hydrogen) atoms. The largest absolute Gasteiger partial charge is 0.372 e. The van der Waals surface area contributed by atoms with Crippen LogP contribution in [-0.2, 0) is 0 Å². The third kappa shape index (κ3) is 5.86. The average Bonchev–Trinajstić information content (AvgIpc) is 1.99. The first-order chi connectivity index (χ1) is 5.56. The molecule has 0 fully saturated rings. The quantitative estimate of drug-likeness (QED) is 0.507. The molecule has 0 aromatic heterocycles.